The van der Waals surface area contributed by atoms with Gasteiger partial charge < -0.3 is 15.5 Å². The lowest BCUT2D eigenvalue weighted by atomic mass is 10.2. The van der Waals surface area contributed by atoms with E-state index in [1.807, 2.05) is 6.92 Å². The molecule has 2 amide bonds. The molecule has 2 rings (SSSR count). The predicted octanol–water partition coefficient (Wildman–Crippen LogP) is 2.65. The van der Waals surface area contributed by atoms with Gasteiger partial charge in [0.25, 0.3) is 5.91 Å². The van der Waals surface area contributed by atoms with Gasteiger partial charge in [-0.25, -0.2) is 0 Å². The molecule has 0 aliphatic heterocycles. The minimum absolute atomic E-state index is 0.339. The molecule has 0 saturated heterocycles. The van der Waals surface area contributed by atoms with E-state index < -0.39 is 5.91 Å². The number of carbonyl (C=O) groups is 2. The molecule has 0 unspecified atom stereocenters. The number of thiophene rings is 1. The number of anilines is 1. The monoisotopic (exact) mass is 290 g/mol. The average Bonchev–Trinajstić information content (AvgIpc) is 3.05. The van der Waals surface area contributed by atoms with Gasteiger partial charge in [0.1, 0.15) is 10.8 Å². The van der Waals surface area contributed by atoms with Crippen LogP contribution in [0.15, 0.2) is 35.0 Å². The molecule has 2 heterocycles. The summed E-state index contributed by atoms with van der Waals surface area (Å²) in [5.74, 6) is -0.310. The first kappa shape index (κ1) is 14.1. The van der Waals surface area contributed by atoms with Gasteiger partial charge in [-0.15, -0.1) is 11.3 Å². The first-order valence-corrected chi connectivity index (χ1v) is 6.87. The summed E-state index contributed by atoms with van der Waals surface area (Å²) < 4.78 is 5.08. The van der Waals surface area contributed by atoms with Crippen molar-refractivity contribution in [3.8, 4) is 0 Å². The van der Waals surface area contributed by atoms with Crippen LogP contribution in [0.25, 0.3) is 6.08 Å². The molecule has 0 saturated carbocycles. The van der Waals surface area contributed by atoms with Crippen LogP contribution in [-0.2, 0) is 11.2 Å². The van der Waals surface area contributed by atoms with Crippen LogP contribution in [-0.4, -0.2) is 11.8 Å². The topological polar surface area (TPSA) is 85.3 Å². The summed E-state index contributed by atoms with van der Waals surface area (Å²) >= 11 is 1.35. The van der Waals surface area contributed by atoms with Gasteiger partial charge in [0.05, 0.1) is 11.8 Å². The van der Waals surface area contributed by atoms with E-state index in [1.165, 1.54) is 23.7 Å². The van der Waals surface area contributed by atoms with Crippen LogP contribution in [0.3, 0.4) is 0 Å². The predicted molar refractivity (Wildman–Crippen MR) is 78.6 cm³/mol. The third-order valence-corrected chi connectivity index (χ3v) is 3.77. The quantitative estimate of drug-likeness (QED) is 0.830. The van der Waals surface area contributed by atoms with Crippen LogP contribution in [0.1, 0.15) is 27.9 Å². The number of nitrogens with one attached hydrogen (secondary N) is 1. The molecule has 20 heavy (non-hydrogen) atoms. The minimum atomic E-state index is -0.550. The zero-order chi connectivity index (χ0) is 14.5. The number of nitrogens with two attached hydrogens (primary N) is 1. The maximum Gasteiger partial charge on any atom is 0.251 e. The van der Waals surface area contributed by atoms with Gasteiger partial charge >= 0.3 is 0 Å². The maximum atomic E-state index is 11.8. The number of carbonyl (C=O) groups excluding carboxylic acids is 2. The number of hydrogen-bond donors (Lipinski definition) is 2. The molecular formula is C14H14N2O3S. The third-order valence-electron chi connectivity index (χ3n) is 2.58. The van der Waals surface area contributed by atoms with Crippen molar-refractivity contribution in [2.45, 2.75) is 13.3 Å². The standard InChI is InChI=1S/C14H14N2O3S/c1-2-10-8-11(13(15)18)14(20-10)16-12(17)6-5-9-4-3-7-19-9/h3-8H,2H2,1H3,(H2,15,18)(H,16,17)/b6-5+. The van der Waals surface area contributed by atoms with Crippen molar-refractivity contribution >= 4 is 34.2 Å². The second-order valence-corrected chi connectivity index (χ2v) is 5.15. The Bertz CT molecular complexity index is 641. The van der Waals surface area contributed by atoms with E-state index in [-0.39, 0.29) is 5.91 Å². The number of aryl methyl sites for hydroxylation is 1. The molecule has 0 atom stereocenters. The summed E-state index contributed by atoms with van der Waals surface area (Å²) in [6, 6.07) is 5.17. The van der Waals surface area contributed by atoms with Crippen LogP contribution in [0, 0.1) is 0 Å². The number of amides is 2. The number of rotatable bonds is 5. The van der Waals surface area contributed by atoms with Crippen molar-refractivity contribution in [1.29, 1.82) is 0 Å². The van der Waals surface area contributed by atoms with Crippen molar-refractivity contribution < 1.29 is 14.0 Å². The average molecular weight is 290 g/mol. The van der Waals surface area contributed by atoms with Gasteiger partial charge in [0.15, 0.2) is 0 Å². The van der Waals surface area contributed by atoms with Crippen LogP contribution in [0.4, 0.5) is 5.00 Å². The highest BCUT2D eigenvalue weighted by molar-refractivity contribution is 7.16. The molecule has 0 aromatic carbocycles. The largest absolute Gasteiger partial charge is 0.465 e. The van der Waals surface area contributed by atoms with Gasteiger partial charge in [0, 0.05) is 11.0 Å². The molecule has 0 fully saturated rings. The highest BCUT2D eigenvalue weighted by Gasteiger charge is 2.14. The second kappa shape index (κ2) is 6.21. The van der Waals surface area contributed by atoms with Crippen molar-refractivity contribution in [1.82, 2.24) is 0 Å². The highest BCUT2D eigenvalue weighted by atomic mass is 32.1. The van der Waals surface area contributed by atoms with E-state index in [0.29, 0.717) is 16.3 Å². The lowest BCUT2D eigenvalue weighted by Crippen LogP contribution is -2.14. The molecule has 3 N–H and O–H groups in total. The highest BCUT2D eigenvalue weighted by Crippen LogP contribution is 2.28. The Balaban J connectivity index is 2.11. The molecule has 0 spiro atoms. The smallest absolute Gasteiger partial charge is 0.251 e. The summed E-state index contributed by atoms with van der Waals surface area (Å²) in [6.45, 7) is 1.97. The molecule has 0 aliphatic rings. The van der Waals surface area contributed by atoms with Gasteiger partial charge in [-0.05, 0) is 30.7 Å². The Morgan fingerprint density at radius 3 is 2.90 bits per heavy atom. The normalized spacial score (nSPS) is 10.8. The van der Waals surface area contributed by atoms with E-state index in [4.69, 9.17) is 10.2 Å². The molecule has 6 heteroatoms. The lowest BCUT2D eigenvalue weighted by molar-refractivity contribution is -0.111. The lowest BCUT2D eigenvalue weighted by Gasteiger charge is -2.00. The van der Waals surface area contributed by atoms with Gasteiger partial charge in [-0.2, -0.15) is 0 Å². The van der Waals surface area contributed by atoms with Crippen LogP contribution in [0.2, 0.25) is 0 Å². The Labute approximate surface area is 120 Å². The SMILES string of the molecule is CCc1cc(C(N)=O)c(NC(=O)/C=C/c2ccco2)s1. The summed E-state index contributed by atoms with van der Waals surface area (Å²) in [5, 5.41) is 3.13. The zero-order valence-corrected chi connectivity index (χ0v) is 11.7. The molecule has 2 aromatic heterocycles. The van der Waals surface area contributed by atoms with Crippen LogP contribution in [0.5, 0.6) is 0 Å². The fourth-order valence-corrected chi connectivity index (χ4v) is 2.59. The summed E-state index contributed by atoms with van der Waals surface area (Å²) in [7, 11) is 0. The molecule has 2 aromatic rings. The molecule has 5 nitrogen and oxygen atoms in total. The van der Waals surface area contributed by atoms with Gasteiger partial charge in [0.2, 0.25) is 5.91 Å². The summed E-state index contributed by atoms with van der Waals surface area (Å²) in [5.41, 5.74) is 5.63. The first-order valence-electron chi connectivity index (χ1n) is 6.05. The third kappa shape index (κ3) is 3.36. The zero-order valence-electron chi connectivity index (χ0n) is 10.9. The molecular weight excluding hydrogens is 276 g/mol. The molecule has 0 radical (unpaired) electrons. The number of furan rings is 1. The fraction of sp³-hybridized carbons (Fsp3) is 0.143. The minimum Gasteiger partial charge on any atom is -0.465 e. The Hall–Kier alpha value is -2.34. The van der Waals surface area contributed by atoms with Crippen LogP contribution < -0.4 is 11.1 Å². The van der Waals surface area contributed by atoms with Crippen molar-refractivity contribution in [2.24, 2.45) is 5.73 Å². The molecule has 104 valence electrons. The van der Waals surface area contributed by atoms with Crippen molar-refractivity contribution in [3.05, 3.63) is 46.7 Å². The van der Waals surface area contributed by atoms with E-state index in [2.05, 4.69) is 5.32 Å². The van der Waals surface area contributed by atoms with Crippen molar-refractivity contribution in [3.63, 3.8) is 0 Å². The van der Waals surface area contributed by atoms with E-state index >= 15 is 0 Å². The van der Waals surface area contributed by atoms with Gasteiger partial charge in [-0.3, -0.25) is 9.59 Å². The van der Waals surface area contributed by atoms with E-state index in [9.17, 15) is 9.59 Å². The molecule has 0 bridgehead atoms. The van der Waals surface area contributed by atoms with Crippen LogP contribution >= 0.6 is 11.3 Å². The number of hydrogen-bond acceptors (Lipinski definition) is 4. The first-order chi connectivity index (χ1) is 9.60. The van der Waals surface area contributed by atoms with E-state index in [1.54, 1.807) is 24.3 Å². The summed E-state index contributed by atoms with van der Waals surface area (Å²) in [4.78, 5) is 24.1. The van der Waals surface area contributed by atoms with E-state index in [0.717, 1.165) is 11.3 Å². The second-order valence-electron chi connectivity index (χ2n) is 4.01. The van der Waals surface area contributed by atoms with Crippen molar-refractivity contribution in [2.75, 3.05) is 5.32 Å². The Morgan fingerprint density at radius 1 is 1.50 bits per heavy atom. The van der Waals surface area contributed by atoms with Gasteiger partial charge in [-0.1, -0.05) is 6.92 Å². The Kier molecular flexibility index (Phi) is 4.37. The summed E-state index contributed by atoms with van der Waals surface area (Å²) in [6.07, 6.45) is 5.20. The number of primary amides is 1. The Morgan fingerprint density at radius 2 is 2.30 bits per heavy atom. The maximum absolute atomic E-state index is 11.8. The molecule has 0 aliphatic carbocycles. The fourth-order valence-electron chi connectivity index (χ4n) is 1.59.